The van der Waals surface area contributed by atoms with Gasteiger partial charge in [-0.15, -0.1) is 0 Å². The van der Waals surface area contributed by atoms with E-state index in [1.807, 2.05) is 53.1 Å². The van der Waals surface area contributed by atoms with Crippen molar-refractivity contribution in [3.8, 4) is 0 Å². The van der Waals surface area contributed by atoms with Gasteiger partial charge in [-0.2, -0.15) is 0 Å². The van der Waals surface area contributed by atoms with Gasteiger partial charge in [0.1, 0.15) is 0 Å². The van der Waals surface area contributed by atoms with Gasteiger partial charge in [0.2, 0.25) is 0 Å². The van der Waals surface area contributed by atoms with Gasteiger partial charge in [-0.05, 0) is 49.6 Å². The predicted octanol–water partition coefficient (Wildman–Crippen LogP) is 2.61. The first kappa shape index (κ1) is 21.5. The van der Waals surface area contributed by atoms with Crippen LogP contribution in [0.15, 0.2) is 48.8 Å². The lowest BCUT2D eigenvalue weighted by atomic mass is 9.86. The molecule has 4 rings (SSSR count). The Balaban J connectivity index is 1.43. The van der Waals surface area contributed by atoms with Crippen LogP contribution in [0, 0.1) is 6.92 Å². The zero-order chi connectivity index (χ0) is 21.8. The van der Waals surface area contributed by atoms with Crippen molar-refractivity contribution in [2.24, 2.45) is 0 Å². The topological polar surface area (TPSA) is 72.0 Å². The van der Waals surface area contributed by atoms with Gasteiger partial charge in [-0.1, -0.05) is 17.7 Å². The van der Waals surface area contributed by atoms with Gasteiger partial charge < -0.3 is 19.3 Å². The Labute approximate surface area is 183 Å². The number of methoxy groups -OCH3 is 1. The summed E-state index contributed by atoms with van der Waals surface area (Å²) < 4.78 is 10.9. The van der Waals surface area contributed by atoms with Gasteiger partial charge in [0.15, 0.2) is 6.10 Å². The van der Waals surface area contributed by atoms with Gasteiger partial charge in [-0.3, -0.25) is 14.6 Å². The van der Waals surface area contributed by atoms with Crippen LogP contribution in [-0.4, -0.2) is 72.2 Å². The minimum atomic E-state index is -0.496. The van der Waals surface area contributed by atoms with E-state index < -0.39 is 6.10 Å². The molecule has 2 aromatic rings. The predicted molar refractivity (Wildman–Crippen MR) is 116 cm³/mol. The lowest BCUT2D eigenvalue weighted by Gasteiger charge is -2.52. The first-order valence-corrected chi connectivity index (χ1v) is 10.8. The standard InChI is InChI=1S/C24H29N3O4/c1-17-4-3-5-19(16-17)23(28)26-12-8-20(9-13-26)27-21(18-6-10-25-11-7-18)22(24(27)29)31-15-14-30-2/h3-7,10-11,16,20-22H,8-9,12-15H2,1-2H3. The van der Waals surface area contributed by atoms with E-state index >= 15 is 0 Å². The second-order valence-corrected chi connectivity index (χ2v) is 8.15. The van der Waals surface area contributed by atoms with Crippen LogP contribution in [0.3, 0.4) is 0 Å². The molecule has 0 N–H and O–H groups in total. The number of aryl methyl sites for hydroxylation is 1. The molecule has 164 valence electrons. The number of rotatable bonds is 7. The fourth-order valence-electron chi connectivity index (χ4n) is 4.51. The normalized spacial score (nSPS) is 21.8. The Kier molecular flexibility index (Phi) is 6.63. The fourth-order valence-corrected chi connectivity index (χ4v) is 4.51. The molecule has 31 heavy (non-hydrogen) atoms. The van der Waals surface area contributed by atoms with E-state index in [4.69, 9.17) is 9.47 Å². The molecule has 2 atom stereocenters. The highest BCUT2D eigenvalue weighted by Gasteiger charge is 2.52. The highest BCUT2D eigenvalue weighted by Crippen LogP contribution is 2.40. The summed E-state index contributed by atoms with van der Waals surface area (Å²) in [7, 11) is 1.62. The molecule has 1 aromatic carbocycles. The Morgan fingerprint density at radius 3 is 2.55 bits per heavy atom. The van der Waals surface area contributed by atoms with Crippen LogP contribution in [0.5, 0.6) is 0 Å². The molecule has 2 aliphatic heterocycles. The van der Waals surface area contributed by atoms with Crippen molar-refractivity contribution in [2.45, 2.75) is 38.0 Å². The monoisotopic (exact) mass is 423 g/mol. The minimum absolute atomic E-state index is 0.0152. The van der Waals surface area contributed by atoms with E-state index in [0.29, 0.717) is 26.3 Å². The van der Waals surface area contributed by atoms with Gasteiger partial charge in [0.05, 0.1) is 19.3 Å². The summed E-state index contributed by atoms with van der Waals surface area (Å²) in [6, 6.07) is 11.5. The third kappa shape index (κ3) is 4.48. The number of carbonyl (C=O) groups is 2. The Morgan fingerprint density at radius 2 is 1.87 bits per heavy atom. The van der Waals surface area contributed by atoms with Crippen molar-refractivity contribution in [1.82, 2.24) is 14.8 Å². The minimum Gasteiger partial charge on any atom is -0.382 e. The zero-order valence-corrected chi connectivity index (χ0v) is 18.1. The number of nitrogens with zero attached hydrogens (tertiary/aromatic N) is 3. The fraction of sp³-hybridized carbons (Fsp3) is 0.458. The van der Waals surface area contributed by atoms with Gasteiger partial charge in [-0.25, -0.2) is 0 Å². The van der Waals surface area contributed by atoms with Gasteiger partial charge in [0.25, 0.3) is 11.8 Å². The number of pyridine rings is 1. The molecule has 2 saturated heterocycles. The van der Waals surface area contributed by atoms with Crippen molar-refractivity contribution in [1.29, 1.82) is 0 Å². The summed E-state index contributed by atoms with van der Waals surface area (Å²) in [5.41, 5.74) is 2.82. The van der Waals surface area contributed by atoms with Crippen molar-refractivity contribution in [3.63, 3.8) is 0 Å². The van der Waals surface area contributed by atoms with E-state index in [2.05, 4.69) is 4.98 Å². The quantitative estimate of drug-likeness (QED) is 0.506. The lowest BCUT2D eigenvalue weighted by molar-refractivity contribution is -0.183. The van der Waals surface area contributed by atoms with E-state index in [1.54, 1.807) is 19.5 Å². The highest BCUT2D eigenvalue weighted by atomic mass is 16.5. The maximum absolute atomic E-state index is 13.0. The molecule has 0 saturated carbocycles. The second-order valence-electron chi connectivity index (χ2n) is 8.15. The first-order valence-electron chi connectivity index (χ1n) is 10.8. The van der Waals surface area contributed by atoms with Crippen LogP contribution < -0.4 is 0 Å². The molecule has 0 aliphatic carbocycles. The average molecular weight is 424 g/mol. The van der Waals surface area contributed by atoms with Crippen molar-refractivity contribution < 1.29 is 19.1 Å². The highest BCUT2D eigenvalue weighted by molar-refractivity contribution is 5.94. The number of benzene rings is 1. The van der Waals surface area contributed by atoms with E-state index in [1.165, 1.54) is 0 Å². The van der Waals surface area contributed by atoms with Crippen LogP contribution in [0.4, 0.5) is 0 Å². The average Bonchev–Trinajstić information content (AvgIpc) is 2.80. The summed E-state index contributed by atoms with van der Waals surface area (Å²) >= 11 is 0. The Hall–Kier alpha value is -2.77. The maximum Gasteiger partial charge on any atom is 0.255 e. The van der Waals surface area contributed by atoms with E-state index in [0.717, 1.165) is 29.5 Å². The molecule has 7 nitrogen and oxygen atoms in total. The van der Waals surface area contributed by atoms with Crippen molar-refractivity contribution >= 4 is 11.8 Å². The molecular weight excluding hydrogens is 394 g/mol. The van der Waals surface area contributed by atoms with Gasteiger partial charge >= 0.3 is 0 Å². The number of amides is 2. The molecule has 0 bridgehead atoms. The van der Waals surface area contributed by atoms with Crippen LogP contribution in [0.25, 0.3) is 0 Å². The molecular formula is C24H29N3O4. The largest absolute Gasteiger partial charge is 0.382 e. The summed E-state index contributed by atoms with van der Waals surface area (Å²) in [6.45, 7) is 4.10. The van der Waals surface area contributed by atoms with E-state index in [9.17, 15) is 9.59 Å². The molecule has 3 heterocycles. The summed E-state index contributed by atoms with van der Waals surface area (Å²) in [4.78, 5) is 33.8. The van der Waals surface area contributed by atoms with Gasteiger partial charge in [0, 0.05) is 44.2 Å². The number of β-lactam (4-membered cyclic amide) rings is 1. The van der Waals surface area contributed by atoms with Crippen molar-refractivity contribution in [3.05, 3.63) is 65.5 Å². The molecule has 2 amide bonds. The lowest BCUT2D eigenvalue weighted by Crippen LogP contribution is -2.65. The number of carbonyl (C=O) groups excluding carboxylic acids is 2. The van der Waals surface area contributed by atoms with Crippen molar-refractivity contribution in [2.75, 3.05) is 33.4 Å². The Bertz CT molecular complexity index is 912. The summed E-state index contributed by atoms with van der Waals surface area (Å²) in [5.74, 6) is 0.0740. The smallest absolute Gasteiger partial charge is 0.255 e. The maximum atomic E-state index is 13.0. The van der Waals surface area contributed by atoms with Crippen LogP contribution in [-0.2, 0) is 14.3 Å². The SMILES string of the molecule is COCCOC1C(=O)N(C2CCN(C(=O)c3cccc(C)c3)CC2)C1c1ccncc1. The Morgan fingerprint density at radius 1 is 1.13 bits per heavy atom. The molecule has 0 spiro atoms. The third-order valence-electron chi connectivity index (χ3n) is 6.13. The first-order chi connectivity index (χ1) is 15.1. The van der Waals surface area contributed by atoms with Crippen LogP contribution in [0.2, 0.25) is 0 Å². The van der Waals surface area contributed by atoms with Crippen LogP contribution >= 0.6 is 0 Å². The number of hydrogen-bond acceptors (Lipinski definition) is 5. The molecule has 7 heteroatoms. The molecule has 0 radical (unpaired) electrons. The number of likely N-dealkylation sites (tertiary alicyclic amines) is 2. The molecule has 2 unspecified atom stereocenters. The number of piperidine rings is 1. The molecule has 2 aliphatic rings. The summed E-state index contributed by atoms with van der Waals surface area (Å²) in [6.07, 6.45) is 4.51. The summed E-state index contributed by atoms with van der Waals surface area (Å²) in [5, 5.41) is 0. The van der Waals surface area contributed by atoms with Crippen LogP contribution in [0.1, 0.15) is 40.4 Å². The van der Waals surface area contributed by atoms with E-state index in [-0.39, 0.29) is 23.9 Å². The number of hydrogen-bond donors (Lipinski definition) is 0. The number of ether oxygens (including phenoxy) is 2. The third-order valence-corrected chi connectivity index (χ3v) is 6.13. The molecule has 2 fully saturated rings. The second kappa shape index (κ2) is 9.58. The number of aromatic nitrogens is 1. The zero-order valence-electron chi connectivity index (χ0n) is 18.1. The molecule has 1 aromatic heterocycles.